The summed E-state index contributed by atoms with van der Waals surface area (Å²) in [6.07, 6.45) is 1.91. The van der Waals surface area contributed by atoms with Gasteiger partial charge in [0, 0.05) is 23.5 Å². The summed E-state index contributed by atoms with van der Waals surface area (Å²) < 4.78 is 5.20. The van der Waals surface area contributed by atoms with Crippen LogP contribution < -0.4 is 0 Å². The number of aromatic amines is 1. The van der Waals surface area contributed by atoms with E-state index in [0.717, 1.165) is 47.3 Å². The van der Waals surface area contributed by atoms with Crippen LogP contribution in [-0.4, -0.2) is 27.5 Å². The second-order valence-electron chi connectivity index (χ2n) is 6.69. The number of carbonyl (C=O) groups excluding carboxylic acids is 1. The van der Waals surface area contributed by atoms with Crippen molar-refractivity contribution in [1.29, 1.82) is 0 Å². The molecule has 4 rings (SSSR count). The summed E-state index contributed by atoms with van der Waals surface area (Å²) >= 11 is 0. The Kier molecular flexibility index (Phi) is 3.44. The van der Waals surface area contributed by atoms with Crippen molar-refractivity contribution in [3.05, 3.63) is 52.5 Å². The van der Waals surface area contributed by atoms with Gasteiger partial charge in [0.05, 0.1) is 6.04 Å². The Balaban J connectivity index is 1.71. The number of aryl methyl sites for hydroxylation is 3. The van der Waals surface area contributed by atoms with Crippen molar-refractivity contribution in [2.75, 3.05) is 6.54 Å². The van der Waals surface area contributed by atoms with Gasteiger partial charge in [-0.2, -0.15) is 0 Å². The Morgan fingerprint density at radius 1 is 1.29 bits per heavy atom. The van der Waals surface area contributed by atoms with Gasteiger partial charge in [0.1, 0.15) is 17.1 Å². The van der Waals surface area contributed by atoms with Crippen molar-refractivity contribution in [2.24, 2.45) is 0 Å². The summed E-state index contributed by atoms with van der Waals surface area (Å²) in [4.78, 5) is 18.4. The molecule has 1 amide bonds. The predicted molar refractivity (Wildman–Crippen MR) is 92.0 cm³/mol. The molecule has 0 unspecified atom stereocenters. The number of fused-ring (bicyclic) bond motifs is 1. The van der Waals surface area contributed by atoms with E-state index in [4.69, 9.17) is 4.52 Å². The number of amides is 1. The molecular formula is C19H21N3O2. The first kappa shape index (κ1) is 15.0. The van der Waals surface area contributed by atoms with Crippen LogP contribution in [0, 0.1) is 20.8 Å². The summed E-state index contributed by atoms with van der Waals surface area (Å²) in [5.74, 6) is 0.825. The molecule has 1 fully saturated rings. The van der Waals surface area contributed by atoms with Crippen LogP contribution in [-0.2, 0) is 0 Å². The molecule has 3 heterocycles. The first-order valence-corrected chi connectivity index (χ1v) is 8.37. The lowest BCUT2D eigenvalue weighted by Gasteiger charge is -2.22. The summed E-state index contributed by atoms with van der Waals surface area (Å²) in [6.45, 7) is 6.71. The molecule has 0 aliphatic carbocycles. The van der Waals surface area contributed by atoms with Gasteiger partial charge in [-0.05, 0) is 51.3 Å². The standard InChI is InChI=1S/C19H21N3O2/c1-11-6-7-15-14(9-11)13(3)18(20-15)19(23)22-8-4-5-17(22)16-10-12(2)24-21-16/h6-7,9-10,17,20H,4-5,8H2,1-3H3/t17-/m1/s1. The lowest BCUT2D eigenvalue weighted by Crippen LogP contribution is -2.31. The van der Waals surface area contributed by atoms with E-state index in [0.29, 0.717) is 5.69 Å². The molecule has 5 nitrogen and oxygen atoms in total. The summed E-state index contributed by atoms with van der Waals surface area (Å²) in [7, 11) is 0. The lowest BCUT2D eigenvalue weighted by atomic mass is 10.1. The molecule has 1 aromatic carbocycles. The highest BCUT2D eigenvalue weighted by molar-refractivity contribution is 6.01. The average Bonchev–Trinajstić information content (AvgIpc) is 3.26. The van der Waals surface area contributed by atoms with Crippen molar-refractivity contribution in [1.82, 2.24) is 15.0 Å². The zero-order valence-electron chi connectivity index (χ0n) is 14.2. The summed E-state index contributed by atoms with van der Waals surface area (Å²) in [5, 5.41) is 5.24. The third kappa shape index (κ3) is 2.31. The van der Waals surface area contributed by atoms with Crippen LogP contribution in [0.15, 0.2) is 28.8 Å². The molecule has 1 saturated heterocycles. The van der Waals surface area contributed by atoms with Crippen LogP contribution in [0.2, 0.25) is 0 Å². The smallest absolute Gasteiger partial charge is 0.271 e. The van der Waals surface area contributed by atoms with Crippen LogP contribution in [0.3, 0.4) is 0 Å². The summed E-state index contributed by atoms with van der Waals surface area (Å²) in [6, 6.07) is 8.15. The fourth-order valence-electron chi connectivity index (χ4n) is 3.66. The number of aromatic nitrogens is 2. The predicted octanol–water partition coefficient (Wildman–Crippen LogP) is 4.06. The molecule has 0 saturated carbocycles. The second kappa shape index (κ2) is 5.51. The maximum absolute atomic E-state index is 13.1. The highest BCUT2D eigenvalue weighted by Gasteiger charge is 2.34. The molecule has 1 aliphatic heterocycles. The Morgan fingerprint density at radius 3 is 2.88 bits per heavy atom. The van der Waals surface area contributed by atoms with E-state index in [9.17, 15) is 4.79 Å². The first-order valence-electron chi connectivity index (χ1n) is 8.37. The van der Waals surface area contributed by atoms with Crippen molar-refractivity contribution in [2.45, 2.75) is 39.7 Å². The van der Waals surface area contributed by atoms with Crippen molar-refractivity contribution < 1.29 is 9.32 Å². The monoisotopic (exact) mass is 323 g/mol. The maximum atomic E-state index is 13.1. The molecule has 1 N–H and O–H groups in total. The number of likely N-dealkylation sites (tertiary alicyclic amines) is 1. The Labute approximate surface area is 140 Å². The average molecular weight is 323 g/mol. The lowest BCUT2D eigenvalue weighted by molar-refractivity contribution is 0.0725. The number of carbonyl (C=O) groups is 1. The molecule has 24 heavy (non-hydrogen) atoms. The van der Waals surface area contributed by atoms with Crippen molar-refractivity contribution in [3.8, 4) is 0 Å². The SMILES string of the molecule is Cc1ccc2[nH]c(C(=O)N3CCC[C@@H]3c3cc(C)on3)c(C)c2c1. The molecule has 2 aromatic heterocycles. The Bertz CT molecular complexity index is 922. The molecule has 5 heteroatoms. The second-order valence-corrected chi connectivity index (χ2v) is 6.69. The van der Waals surface area contributed by atoms with E-state index in [-0.39, 0.29) is 11.9 Å². The van der Waals surface area contributed by atoms with Gasteiger partial charge >= 0.3 is 0 Å². The minimum atomic E-state index is 0.00231. The van der Waals surface area contributed by atoms with Gasteiger partial charge in [-0.25, -0.2) is 0 Å². The maximum Gasteiger partial charge on any atom is 0.271 e. The number of hydrogen-bond donors (Lipinski definition) is 1. The molecular weight excluding hydrogens is 302 g/mol. The molecule has 1 atom stereocenters. The van der Waals surface area contributed by atoms with Crippen molar-refractivity contribution >= 4 is 16.8 Å². The van der Waals surface area contributed by atoms with Gasteiger partial charge < -0.3 is 14.4 Å². The molecule has 124 valence electrons. The van der Waals surface area contributed by atoms with Gasteiger partial charge in [-0.15, -0.1) is 0 Å². The molecule has 0 bridgehead atoms. The molecule has 1 aliphatic rings. The van der Waals surface area contributed by atoms with Crippen molar-refractivity contribution in [3.63, 3.8) is 0 Å². The molecule has 3 aromatic rings. The molecule has 0 spiro atoms. The van der Waals surface area contributed by atoms with Gasteiger partial charge in [-0.3, -0.25) is 4.79 Å². The quantitative estimate of drug-likeness (QED) is 0.773. The van der Waals surface area contributed by atoms with Crippen LogP contribution in [0.1, 0.15) is 52.0 Å². The largest absolute Gasteiger partial charge is 0.361 e. The minimum Gasteiger partial charge on any atom is -0.361 e. The number of hydrogen-bond acceptors (Lipinski definition) is 3. The Morgan fingerprint density at radius 2 is 2.12 bits per heavy atom. The van der Waals surface area contributed by atoms with E-state index in [1.165, 1.54) is 5.56 Å². The van der Waals surface area contributed by atoms with E-state index in [2.05, 4.69) is 29.2 Å². The zero-order valence-corrected chi connectivity index (χ0v) is 14.2. The van der Waals surface area contributed by atoms with Crippen LogP contribution in [0.25, 0.3) is 10.9 Å². The van der Waals surface area contributed by atoms with E-state index >= 15 is 0 Å². The third-order valence-corrected chi connectivity index (χ3v) is 4.93. The highest BCUT2D eigenvalue weighted by atomic mass is 16.5. The Hall–Kier alpha value is -2.56. The number of nitrogens with zero attached hydrogens (tertiary/aromatic N) is 2. The zero-order chi connectivity index (χ0) is 16.8. The van der Waals surface area contributed by atoms with Crippen LogP contribution >= 0.6 is 0 Å². The third-order valence-electron chi connectivity index (χ3n) is 4.93. The van der Waals surface area contributed by atoms with Gasteiger partial charge in [0.2, 0.25) is 0 Å². The van der Waals surface area contributed by atoms with Crippen LogP contribution in [0.4, 0.5) is 0 Å². The normalized spacial score (nSPS) is 17.8. The number of rotatable bonds is 2. The minimum absolute atomic E-state index is 0.00231. The fourth-order valence-corrected chi connectivity index (χ4v) is 3.66. The van der Waals surface area contributed by atoms with Gasteiger partial charge in [0.15, 0.2) is 0 Å². The topological polar surface area (TPSA) is 62.1 Å². The number of H-pyrrole nitrogens is 1. The molecule has 0 radical (unpaired) electrons. The fraction of sp³-hybridized carbons (Fsp3) is 0.368. The van der Waals surface area contributed by atoms with Crippen LogP contribution in [0.5, 0.6) is 0 Å². The van der Waals surface area contributed by atoms with E-state index in [1.54, 1.807) is 0 Å². The number of benzene rings is 1. The first-order chi connectivity index (χ1) is 11.5. The van der Waals surface area contributed by atoms with Gasteiger partial charge in [-0.1, -0.05) is 16.8 Å². The highest BCUT2D eigenvalue weighted by Crippen LogP contribution is 2.34. The van der Waals surface area contributed by atoms with E-state index in [1.807, 2.05) is 30.9 Å². The van der Waals surface area contributed by atoms with Gasteiger partial charge in [0.25, 0.3) is 5.91 Å². The van der Waals surface area contributed by atoms with E-state index < -0.39 is 0 Å². The number of nitrogens with one attached hydrogen (secondary N) is 1. The summed E-state index contributed by atoms with van der Waals surface area (Å²) in [5.41, 5.74) is 4.75.